The Balaban J connectivity index is 1.72. The van der Waals surface area contributed by atoms with Gasteiger partial charge in [0.1, 0.15) is 29.7 Å². The first-order valence-electron chi connectivity index (χ1n) is 7.24. The molecule has 142 valence electrons. The maximum atomic E-state index is 14.2. The van der Waals surface area contributed by atoms with Gasteiger partial charge >= 0.3 is 10.5 Å². The van der Waals surface area contributed by atoms with Crippen LogP contribution in [0.4, 0.5) is 18.5 Å². The minimum absolute atomic E-state index is 0.0897. The van der Waals surface area contributed by atoms with Gasteiger partial charge in [0.05, 0.1) is 17.4 Å². The SMILES string of the molecule is Nc1cn(-c2cc(F)c(COc3ccc(OS(=O)(=O)F)cc3)c(F)c2)nn1. The van der Waals surface area contributed by atoms with Gasteiger partial charge in [0, 0.05) is 12.1 Å². The lowest BCUT2D eigenvalue weighted by Gasteiger charge is -2.10. The van der Waals surface area contributed by atoms with Gasteiger partial charge in [-0.05, 0) is 24.3 Å². The van der Waals surface area contributed by atoms with Crippen LogP contribution in [0, 0.1) is 11.6 Å². The van der Waals surface area contributed by atoms with Crippen LogP contribution in [0.25, 0.3) is 5.69 Å². The molecule has 0 aliphatic heterocycles. The highest BCUT2D eigenvalue weighted by Gasteiger charge is 2.14. The molecular formula is C15H11F3N4O4S. The molecule has 0 radical (unpaired) electrons. The molecule has 8 nitrogen and oxygen atoms in total. The van der Waals surface area contributed by atoms with E-state index in [4.69, 9.17) is 10.5 Å². The molecule has 3 rings (SSSR count). The van der Waals surface area contributed by atoms with Gasteiger partial charge in [0.15, 0.2) is 5.82 Å². The molecule has 0 unspecified atom stereocenters. The molecular weight excluding hydrogens is 389 g/mol. The summed E-state index contributed by atoms with van der Waals surface area (Å²) in [7, 11) is -5.14. The number of nitrogens with zero attached hydrogens (tertiary/aromatic N) is 3. The second kappa shape index (κ2) is 7.15. The van der Waals surface area contributed by atoms with Gasteiger partial charge in [-0.1, -0.05) is 9.10 Å². The van der Waals surface area contributed by atoms with E-state index < -0.39 is 28.7 Å². The molecule has 27 heavy (non-hydrogen) atoms. The lowest BCUT2D eigenvalue weighted by atomic mass is 10.2. The molecule has 1 heterocycles. The van der Waals surface area contributed by atoms with E-state index in [2.05, 4.69) is 14.5 Å². The second-order valence-electron chi connectivity index (χ2n) is 5.21. The third-order valence-electron chi connectivity index (χ3n) is 3.30. The van der Waals surface area contributed by atoms with Crippen LogP contribution in [0.3, 0.4) is 0 Å². The first kappa shape index (κ1) is 18.5. The number of anilines is 1. The van der Waals surface area contributed by atoms with Crippen molar-refractivity contribution < 1.29 is 30.0 Å². The molecule has 0 spiro atoms. The minimum Gasteiger partial charge on any atom is -0.489 e. The zero-order chi connectivity index (χ0) is 19.6. The molecule has 1 aromatic heterocycles. The molecule has 0 amide bonds. The fraction of sp³-hybridized carbons (Fsp3) is 0.0667. The third-order valence-corrected chi connectivity index (χ3v) is 3.70. The minimum atomic E-state index is -5.14. The van der Waals surface area contributed by atoms with Gasteiger partial charge in [0.25, 0.3) is 0 Å². The first-order valence-corrected chi connectivity index (χ1v) is 8.55. The summed E-state index contributed by atoms with van der Waals surface area (Å²) in [6.07, 6.45) is 1.30. The number of halogens is 3. The monoisotopic (exact) mass is 400 g/mol. The zero-order valence-corrected chi connectivity index (χ0v) is 14.2. The smallest absolute Gasteiger partial charge is 0.488 e. The van der Waals surface area contributed by atoms with Gasteiger partial charge in [-0.25, -0.2) is 13.5 Å². The van der Waals surface area contributed by atoms with Gasteiger partial charge in [-0.3, -0.25) is 0 Å². The lowest BCUT2D eigenvalue weighted by Crippen LogP contribution is -2.05. The van der Waals surface area contributed by atoms with E-state index >= 15 is 0 Å². The quantitative estimate of drug-likeness (QED) is 0.632. The molecule has 2 aromatic carbocycles. The highest BCUT2D eigenvalue weighted by atomic mass is 32.3. The van der Waals surface area contributed by atoms with E-state index in [0.717, 1.165) is 28.9 Å². The molecule has 0 saturated carbocycles. The summed E-state index contributed by atoms with van der Waals surface area (Å²) in [5.74, 6) is -1.77. The van der Waals surface area contributed by atoms with E-state index in [1.165, 1.54) is 18.3 Å². The fourth-order valence-corrected chi connectivity index (χ4v) is 2.47. The van der Waals surface area contributed by atoms with Crippen LogP contribution in [0.1, 0.15) is 5.56 Å². The van der Waals surface area contributed by atoms with E-state index in [1.807, 2.05) is 0 Å². The van der Waals surface area contributed by atoms with Crippen molar-refractivity contribution in [2.24, 2.45) is 0 Å². The van der Waals surface area contributed by atoms with E-state index in [9.17, 15) is 21.1 Å². The topological polar surface area (TPSA) is 109 Å². The van der Waals surface area contributed by atoms with Gasteiger partial charge < -0.3 is 14.7 Å². The summed E-state index contributed by atoms with van der Waals surface area (Å²) in [5.41, 5.74) is 5.17. The molecule has 3 aromatic rings. The molecule has 0 fully saturated rings. The predicted octanol–water partition coefficient (Wildman–Crippen LogP) is 2.30. The number of nitrogen functional groups attached to an aromatic ring is 1. The average molecular weight is 400 g/mol. The Labute approximate surface area is 151 Å². The molecule has 0 bridgehead atoms. The highest BCUT2D eigenvalue weighted by molar-refractivity contribution is 7.81. The van der Waals surface area contributed by atoms with Crippen molar-refractivity contribution in [1.82, 2.24) is 15.0 Å². The van der Waals surface area contributed by atoms with Crippen molar-refractivity contribution >= 4 is 16.3 Å². The van der Waals surface area contributed by atoms with Crippen molar-refractivity contribution in [2.45, 2.75) is 6.61 Å². The number of aromatic nitrogens is 3. The summed E-state index contributed by atoms with van der Waals surface area (Å²) >= 11 is 0. The Morgan fingerprint density at radius 3 is 2.19 bits per heavy atom. The van der Waals surface area contributed by atoms with Crippen LogP contribution in [0.5, 0.6) is 11.5 Å². The van der Waals surface area contributed by atoms with Crippen LogP contribution < -0.4 is 14.7 Å². The Bertz CT molecular complexity index is 1050. The zero-order valence-electron chi connectivity index (χ0n) is 13.3. The molecule has 0 aliphatic carbocycles. The van der Waals surface area contributed by atoms with Crippen LogP contribution in [0.2, 0.25) is 0 Å². The normalized spacial score (nSPS) is 11.4. The van der Waals surface area contributed by atoms with Crippen LogP contribution in [-0.2, 0) is 17.1 Å². The lowest BCUT2D eigenvalue weighted by molar-refractivity contribution is 0.292. The average Bonchev–Trinajstić information content (AvgIpc) is 3.00. The summed E-state index contributed by atoms with van der Waals surface area (Å²) < 4.78 is 72.0. The summed E-state index contributed by atoms with van der Waals surface area (Å²) in [5, 5.41) is 7.15. The molecule has 0 saturated heterocycles. The summed E-state index contributed by atoms with van der Waals surface area (Å²) in [6.45, 7) is -0.445. The fourth-order valence-electron chi connectivity index (χ4n) is 2.12. The van der Waals surface area contributed by atoms with Crippen molar-refractivity contribution in [3.05, 3.63) is 59.8 Å². The second-order valence-corrected chi connectivity index (χ2v) is 6.17. The molecule has 0 atom stereocenters. The van der Waals surface area contributed by atoms with Crippen molar-refractivity contribution in [2.75, 3.05) is 5.73 Å². The van der Waals surface area contributed by atoms with E-state index in [0.29, 0.717) is 0 Å². The molecule has 2 N–H and O–H groups in total. The number of rotatable bonds is 6. The van der Waals surface area contributed by atoms with E-state index in [1.54, 1.807) is 0 Å². The summed E-state index contributed by atoms with van der Waals surface area (Å²) in [4.78, 5) is 0. The van der Waals surface area contributed by atoms with E-state index in [-0.39, 0.29) is 28.6 Å². The number of nitrogens with two attached hydrogens (primary N) is 1. The van der Waals surface area contributed by atoms with Crippen LogP contribution in [0.15, 0.2) is 42.6 Å². The molecule has 0 aliphatic rings. The Kier molecular flexibility index (Phi) is 4.90. The largest absolute Gasteiger partial charge is 0.489 e. The number of benzene rings is 2. The number of ether oxygens (including phenoxy) is 1. The summed E-state index contributed by atoms with van der Waals surface area (Å²) in [6, 6.07) is 6.83. The van der Waals surface area contributed by atoms with Gasteiger partial charge in [-0.2, -0.15) is 8.42 Å². The highest BCUT2D eigenvalue weighted by Crippen LogP contribution is 2.23. The standard InChI is InChI=1S/C15H11F3N4O4S/c16-13-5-9(22-7-15(19)20-21-22)6-14(17)12(13)8-25-10-1-3-11(4-2-10)26-27(18,23)24/h1-7H,8,19H2. The van der Waals surface area contributed by atoms with Crippen LogP contribution in [-0.4, -0.2) is 23.4 Å². The Morgan fingerprint density at radius 2 is 1.67 bits per heavy atom. The van der Waals surface area contributed by atoms with Gasteiger partial charge in [0.2, 0.25) is 0 Å². The maximum Gasteiger partial charge on any atom is 0.488 e. The first-order chi connectivity index (χ1) is 12.7. The van der Waals surface area contributed by atoms with Crippen molar-refractivity contribution in [3.63, 3.8) is 0 Å². The van der Waals surface area contributed by atoms with Crippen LogP contribution >= 0.6 is 0 Å². The third kappa shape index (κ3) is 4.67. The van der Waals surface area contributed by atoms with Crippen molar-refractivity contribution in [3.8, 4) is 17.2 Å². The number of hydrogen-bond donors (Lipinski definition) is 1. The maximum absolute atomic E-state index is 14.2. The van der Waals surface area contributed by atoms with Crippen molar-refractivity contribution in [1.29, 1.82) is 0 Å². The molecule has 12 heteroatoms. The van der Waals surface area contributed by atoms with Gasteiger partial charge in [-0.15, -0.1) is 5.10 Å². The number of hydrogen-bond acceptors (Lipinski definition) is 7. The Hall–Kier alpha value is -3.28. The Morgan fingerprint density at radius 1 is 1.07 bits per heavy atom. The predicted molar refractivity (Wildman–Crippen MR) is 87.1 cm³/mol.